The maximum atomic E-state index is 12.2. The average Bonchev–Trinajstić information content (AvgIpc) is 2.47. The highest BCUT2D eigenvalue weighted by atomic mass is 35.5. The molecule has 2 aromatic carbocycles. The van der Waals surface area contributed by atoms with Crippen molar-refractivity contribution in [3.63, 3.8) is 0 Å². The van der Waals surface area contributed by atoms with E-state index in [2.05, 4.69) is 23.5 Å². The van der Waals surface area contributed by atoms with Crippen LogP contribution in [0.1, 0.15) is 35.6 Å². The average molecular weight is 300 g/mol. The third-order valence-electron chi connectivity index (χ3n) is 3.96. The lowest BCUT2D eigenvalue weighted by Crippen LogP contribution is -2.32. The summed E-state index contributed by atoms with van der Waals surface area (Å²) in [5.74, 6) is 0.0546. The third-order valence-corrected chi connectivity index (χ3v) is 4.19. The van der Waals surface area contributed by atoms with Crippen molar-refractivity contribution < 1.29 is 4.79 Å². The number of fused-ring (bicyclic) bond motifs is 1. The second-order valence-corrected chi connectivity index (χ2v) is 5.95. The van der Waals surface area contributed by atoms with Crippen LogP contribution in [0.2, 0.25) is 5.02 Å². The van der Waals surface area contributed by atoms with E-state index in [0.717, 1.165) is 24.8 Å². The predicted octanol–water partition coefficient (Wildman–Crippen LogP) is 4.08. The Morgan fingerprint density at radius 2 is 2.05 bits per heavy atom. The van der Waals surface area contributed by atoms with E-state index in [-0.39, 0.29) is 11.9 Å². The van der Waals surface area contributed by atoms with Gasteiger partial charge in [0, 0.05) is 5.02 Å². The van der Waals surface area contributed by atoms with Crippen molar-refractivity contribution in [2.45, 2.75) is 31.7 Å². The lowest BCUT2D eigenvalue weighted by Gasteiger charge is -2.26. The Kier molecular flexibility index (Phi) is 4.26. The molecule has 0 aromatic heterocycles. The monoisotopic (exact) mass is 299 g/mol. The number of halogens is 1. The molecule has 1 aliphatic rings. The van der Waals surface area contributed by atoms with Gasteiger partial charge in [0.15, 0.2) is 0 Å². The van der Waals surface area contributed by atoms with Crippen molar-refractivity contribution in [3.05, 3.63) is 70.2 Å². The molecule has 0 spiro atoms. The van der Waals surface area contributed by atoms with Crippen molar-refractivity contribution in [1.29, 1.82) is 0 Å². The molecule has 3 rings (SSSR count). The van der Waals surface area contributed by atoms with Crippen LogP contribution in [0, 0.1) is 0 Å². The quantitative estimate of drug-likeness (QED) is 0.909. The van der Waals surface area contributed by atoms with Gasteiger partial charge < -0.3 is 5.32 Å². The Hall–Kier alpha value is -1.80. The Labute approximate surface area is 130 Å². The minimum absolute atomic E-state index is 0.0546. The minimum atomic E-state index is 0.0546. The van der Waals surface area contributed by atoms with Crippen LogP contribution in [0.5, 0.6) is 0 Å². The first-order chi connectivity index (χ1) is 10.2. The molecule has 0 bridgehead atoms. The fraction of sp³-hybridized carbons (Fsp3) is 0.278. The summed E-state index contributed by atoms with van der Waals surface area (Å²) < 4.78 is 0. The van der Waals surface area contributed by atoms with Crippen LogP contribution in [-0.2, 0) is 17.6 Å². The zero-order valence-electron chi connectivity index (χ0n) is 11.8. The van der Waals surface area contributed by atoms with Gasteiger partial charge in [0.1, 0.15) is 0 Å². The molecule has 1 amide bonds. The Balaban J connectivity index is 1.68. The largest absolute Gasteiger partial charge is 0.349 e. The van der Waals surface area contributed by atoms with Gasteiger partial charge in [0.05, 0.1) is 12.5 Å². The van der Waals surface area contributed by atoms with Crippen LogP contribution in [0.4, 0.5) is 0 Å². The van der Waals surface area contributed by atoms with Crippen LogP contribution in [0.15, 0.2) is 48.5 Å². The van der Waals surface area contributed by atoms with E-state index in [1.54, 1.807) is 0 Å². The number of nitrogens with one attached hydrogen (secondary N) is 1. The second kappa shape index (κ2) is 6.31. The van der Waals surface area contributed by atoms with Crippen LogP contribution in [0.25, 0.3) is 0 Å². The van der Waals surface area contributed by atoms with Gasteiger partial charge in [-0.2, -0.15) is 0 Å². The predicted molar refractivity (Wildman–Crippen MR) is 85.4 cm³/mol. The number of carbonyl (C=O) groups is 1. The first-order valence-electron chi connectivity index (χ1n) is 7.34. The van der Waals surface area contributed by atoms with Gasteiger partial charge in [0.25, 0.3) is 0 Å². The molecule has 2 nitrogen and oxygen atoms in total. The number of amides is 1. The molecular formula is C18H18ClNO. The van der Waals surface area contributed by atoms with Crippen molar-refractivity contribution in [2.75, 3.05) is 0 Å². The fourth-order valence-corrected chi connectivity index (χ4v) is 3.19. The molecular weight excluding hydrogens is 282 g/mol. The number of hydrogen-bond acceptors (Lipinski definition) is 1. The molecule has 3 heteroatoms. The normalized spacial score (nSPS) is 17.1. The summed E-state index contributed by atoms with van der Waals surface area (Å²) in [6.45, 7) is 0. The zero-order valence-corrected chi connectivity index (χ0v) is 12.6. The van der Waals surface area contributed by atoms with Gasteiger partial charge >= 0.3 is 0 Å². The number of carbonyl (C=O) groups excluding carboxylic acids is 1. The first-order valence-corrected chi connectivity index (χ1v) is 7.72. The van der Waals surface area contributed by atoms with E-state index in [9.17, 15) is 4.79 Å². The molecule has 0 fully saturated rings. The summed E-state index contributed by atoms with van der Waals surface area (Å²) in [5.41, 5.74) is 3.57. The molecule has 1 aliphatic carbocycles. The molecule has 0 radical (unpaired) electrons. The molecule has 0 unspecified atom stereocenters. The highest BCUT2D eigenvalue weighted by molar-refractivity contribution is 6.30. The number of hydrogen-bond donors (Lipinski definition) is 1. The first kappa shape index (κ1) is 14.2. The highest BCUT2D eigenvalue weighted by Crippen LogP contribution is 2.29. The van der Waals surface area contributed by atoms with Crippen molar-refractivity contribution in [3.8, 4) is 0 Å². The van der Waals surface area contributed by atoms with Crippen LogP contribution in [-0.4, -0.2) is 5.91 Å². The van der Waals surface area contributed by atoms with E-state index in [0.29, 0.717) is 11.4 Å². The maximum Gasteiger partial charge on any atom is 0.224 e. The summed E-state index contributed by atoms with van der Waals surface area (Å²) in [6, 6.07) is 16.0. The molecule has 0 saturated carbocycles. The third kappa shape index (κ3) is 3.45. The van der Waals surface area contributed by atoms with Crippen LogP contribution in [0.3, 0.4) is 0 Å². The van der Waals surface area contributed by atoms with Crippen molar-refractivity contribution in [2.24, 2.45) is 0 Å². The Bertz CT molecular complexity index is 653. The van der Waals surface area contributed by atoms with Gasteiger partial charge in [-0.1, -0.05) is 48.0 Å². The highest BCUT2D eigenvalue weighted by Gasteiger charge is 2.21. The second-order valence-electron chi connectivity index (χ2n) is 5.52. The van der Waals surface area contributed by atoms with Gasteiger partial charge in [-0.25, -0.2) is 0 Å². The molecule has 21 heavy (non-hydrogen) atoms. The summed E-state index contributed by atoms with van der Waals surface area (Å²) in [5, 5.41) is 3.83. The van der Waals surface area contributed by atoms with Crippen molar-refractivity contribution in [1.82, 2.24) is 5.32 Å². The topological polar surface area (TPSA) is 29.1 Å². The molecule has 2 aromatic rings. The summed E-state index contributed by atoms with van der Waals surface area (Å²) in [6.07, 6.45) is 3.62. The molecule has 108 valence electrons. The van der Waals surface area contributed by atoms with E-state index < -0.39 is 0 Å². The van der Waals surface area contributed by atoms with Gasteiger partial charge in [-0.05, 0) is 48.1 Å². The number of benzene rings is 2. The smallest absolute Gasteiger partial charge is 0.224 e. The fourth-order valence-electron chi connectivity index (χ4n) is 2.98. The maximum absolute atomic E-state index is 12.2. The lowest BCUT2D eigenvalue weighted by molar-refractivity contribution is -0.121. The molecule has 0 aliphatic heterocycles. The summed E-state index contributed by atoms with van der Waals surface area (Å²) in [7, 11) is 0. The standard InChI is InChI=1S/C18H18ClNO/c19-15-8-3-5-13(11-15)12-18(21)20-17-10-4-7-14-6-1-2-9-16(14)17/h1-3,5-6,8-9,11,17H,4,7,10,12H2,(H,20,21)/t17-/m1/s1. The molecule has 1 atom stereocenters. The van der Waals surface area contributed by atoms with E-state index >= 15 is 0 Å². The van der Waals surface area contributed by atoms with Gasteiger partial charge in [-0.3, -0.25) is 4.79 Å². The van der Waals surface area contributed by atoms with E-state index in [4.69, 9.17) is 11.6 Å². The lowest BCUT2D eigenvalue weighted by atomic mass is 9.87. The Morgan fingerprint density at radius 3 is 2.90 bits per heavy atom. The Morgan fingerprint density at radius 1 is 1.19 bits per heavy atom. The zero-order chi connectivity index (χ0) is 14.7. The van der Waals surface area contributed by atoms with Crippen LogP contribution < -0.4 is 5.32 Å². The summed E-state index contributed by atoms with van der Waals surface area (Å²) >= 11 is 5.96. The SMILES string of the molecule is O=C(Cc1cccc(Cl)c1)N[C@@H]1CCCc2ccccc21. The van der Waals surface area contributed by atoms with E-state index in [1.165, 1.54) is 11.1 Å². The van der Waals surface area contributed by atoms with Crippen molar-refractivity contribution >= 4 is 17.5 Å². The van der Waals surface area contributed by atoms with Crippen LogP contribution >= 0.6 is 11.6 Å². The minimum Gasteiger partial charge on any atom is -0.349 e. The molecule has 1 N–H and O–H groups in total. The summed E-state index contributed by atoms with van der Waals surface area (Å²) in [4.78, 5) is 12.2. The van der Waals surface area contributed by atoms with E-state index in [1.807, 2.05) is 30.3 Å². The number of rotatable bonds is 3. The molecule has 0 saturated heterocycles. The van der Waals surface area contributed by atoms with Gasteiger partial charge in [0.2, 0.25) is 5.91 Å². The number of aryl methyl sites for hydroxylation is 1. The molecule has 0 heterocycles. The van der Waals surface area contributed by atoms with Gasteiger partial charge in [-0.15, -0.1) is 0 Å².